The van der Waals surface area contributed by atoms with Gasteiger partial charge in [-0.15, -0.1) is 0 Å². The van der Waals surface area contributed by atoms with Gasteiger partial charge < -0.3 is 0 Å². The van der Waals surface area contributed by atoms with E-state index in [-0.39, 0.29) is 29.6 Å². The topological polar surface area (TPSA) is 37.4 Å². The van der Waals surface area contributed by atoms with Crippen molar-refractivity contribution in [3.63, 3.8) is 0 Å². The molecule has 2 fully saturated rings. The Hall–Kier alpha value is -1.61. The van der Waals surface area contributed by atoms with E-state index in [2.05, 4.69) is 12.2 Å². The van der Waals surface area contributed by atoms with Crippen molar-refractivity contribution in [3.05, 3.63) is 41.4 Å². The molecule has 3 aliphatic rings. The Balaban J connectivity index is 1.82. The molecule has 1 saturated carbocycles. The van der Waals surface area contributed by atoms with Crippen molar-refractivity contribution in [2.45, 2.75) is 13.3 Å². The van der Waals surface area contributed by atoms with Crippen molar-refractivity contribution in [2.24, 2.45) is 23.2 Å². The van der Waals surface area contributed by atoms with E-state index >= 15 is 0 Å². The number of hydrogen-bond acceptors (Lipinski definition) is 2. The molecule has 1 heterocycles. The summed E-state index contributed by atoms with van der Waals surface area (Å²) >= 11 is 5.98. The molecule has 1 saturated heterocycles. The zero-order chi connectivity index (χ0) is 14.1. The first-order valence-corrected chi connectivity index (χ1v) is 7.23. The predicted molar refractivity (Wildman–Crippen MR) is 76.3 cm³/mol. The van der Waals surface area contributed by atoms with E-state index in [9.17, 15) is 9.59 Å². The van der Waals surface area contributed by atoms with Gasteiger partial charge in [-0.1, -0.05) is 29.8 Å². The smallest absolute Gasteiger partial charge is 0.241 e. The van der Waals surface area contributed by atoms with Gasteiger partial charge in [-0.25, -0.2) is 4.90 Å². The fourth-order valence-corrected chi connectivity index (χ4v) is 4.35. The Kier molecular flexibility index (Phi) is 2.27. The van der Waals surface area contributed by atoms with E-state index in [4.69, 9.17) is 11.6 Å². The lowest BCUT2D eigenvalue weighted by Crippen LogP contribution is -2.37. The summed E-state index contributed by atoms with van der Waals surface area (Å²) in [5.74, 6) is 0.0518. The molecule has 2 amide bonds. The summed E-state index contributed by atoms with van der Waals surface area (Å²) in [6.07, 6.45) is 5.14. The number of carbonyl (C=O) groups is 2. The number of anilines is 1. The monoisotopic (exact) mass is 287 g/mol. The third kappa shape index (κ3) is 1.27. The fraction of sp³-hybridized carbons (Fsp3) is 0.375. The minimum absolute atomic E-state index is 0.0726. The highest BCUT2D eigenvalue weighted by Crippen LogP contribution is 2.60. The second-order valence-electron chi connectivity index (χ2n) is 6.11. The van der Waals surface area contributed by atoms with E-state index < -0.39 is 5.41 Å². The first-order valence-electron chi connectivity index (χ1n) is 6.86. The van der Waals surface area contributed by atoms with Gasteiger partial charge in [0.05, 0.1) is 17.0 Å². The van der Waals surface area contributed by atoms with Gasteiger partial charge in [-0.3, -0.25) is 9.59 Å². The minimum atomic E-state index is -0.571. The SMILES string of the molecule is C[C@]12C(=O)N(c3cccc(Cl)c3)C(=O)[C@H]1[C@H]1C=C[C@H]2C1. The van der Waals surface area contributed by atoms with Crippen molar-refractivity contribution in [1.82, 2.24) is 0 Å². The number of imide groups is 1. The zero-order valence-corrected chi connectivity index (χ0v) is 11.8. The lowest BCUT2D eigenvalue weighted by atomic mass is 9.71. The number of hydrogen-bond donors (Lipinski definition) is 0. The van der Waals surface area contributed by atoms with E-state index in [0.29, 0.717) is 10.7 Å². The molecule has 0 spiro atoms. The summed E-state index contributed by atoms with van der Waals surface area (Å²) in [5, 5.41) is 0.534. The quantitative estimate of drug-likeness (QED) is 0.588. The number of benzene rings is 1. The summed E-state index contributed by atoms with van der Waals surface area (Å²) in [5.41, 5.74) is 0.0151. The van der Waals surface area contributed by atoms with Gasteiger partial charge in [0.1, 0.15) is 0 Å². The molecule has 2 bridgehead atoms. The van der Waals surface area contributed by atoms with Crippen LogP contribution in [-0.4, -0.2) is 11.8 Å². The number of allylic oxidation sites excluding steroid dienone is 2. The van der Waals surface area contributed by atoms with Crippen LogP contribution < -0.4 is 4.90 Å². The van der Waals surface area contributed by atoms with Crippen LogP contribution in [0.15, 0.2) is 36.4 Å². The molecule has 1 aliphatic heterocycles. The van der Waals surface area contributed by atoms with Crippen LogP contribution in [0, 0.1) is 23.2 Å². The van der Waals surface area contributed by atoms with Gasteiger partial charge in [0.2, 0.25) is 11.8 Å². The van der Waals surface area contributed by atoms with Crippen molar-refractivity contribution < 1.29 is 9.59 Å². The summed E-state index contributed by atoms with van der Waals surface area (Å²) in [7, 11) is 0. The standard InChI is InChI=1S/C16H14ClNO2/c1-16-10-6-5-9(7-10)13(16)14(19)18(15(16)20)12-4-2-3-11(17)8-12/h2-6,8-10,13H,7H2,1H3/t9-,10-,13+,16+/m0/s1. The van der Waals surface area contributed by atoms with Crippen LogP contribution in [0.2, 0.25) is 5.02 Å². The van der Waals surface area contributed by atoms with Gasteiger partial charge in [-0.05, 0) is 43.4 Å². The van der Waals surface area contributed by atoms with Crippen LogP contribution in [-0.2, 0) is 9.59 Å². The maximum absolute atomic E-state index is 12.8. The average Bonchev–Trinajstić information content (AvgIpc) is 3.03. The van der Waals surface area contributed by atoms with E-state index in [1.165, 1.54) is 4.90 Å². The number of carbonyl (C=O) groups excluding carboxylic acids is 2. The highest BCUT2D eigenvalue weighted by Gasteiger charge is 2.67. The molecule has 102 valence electrons. The van der Waals surface area contributed by atoms with Crippen molar-refractivity contribution in [1.29, 1.82) is 0 Å². The van der Waals surface area contributed by atoms with E-state index in [1.807, 2.05) is 6.92 Å². The Morgan fingerprint density at radius 1 is 1.30 bits per heavy atom. The van der Waals surface area contributed by atoms with Crippen LogP contribution >= 0.6 is 11.6 Å². The second-order valence-corrected chi connectivity index (χ2v) is 6.55. The summed E-state index contributed by atoms with van der Waals surface area (Å²) < 4.78 is 0. The third-order valence-corrected chi connectivity index (χ3v) is 5.41. The summed E-state index contributed by atoms with van der Waals surface area (Å²) in [6.45, 7) is 1.94. The molecule has 20 heavy (non-hydrogen) atoms. The van der Waals surface area contributed by atoms with Crippen LogP contribution in [0.3, 0.4) is 0 Å². The molecule has 4 rings (SSSR count). The molecular formula is C16H14ClNO2. The number of rotatable bonds is 1. The predicted octanol–water partition coefficient (Wildman–Crippen LogP) is 3.04. The second kappa shape index (κ2) is 3.73. The number of fused-ring (bicyclic) bond motifs is 5. The van der Waals surface area contributed by atoms with Crippen LogP contribution in [0.5, 0.6) is 0 Å². The fourth-order valence-electron chi connectivity index (χ4n) is 4.17. The molecule has 0 N–H and O–H groups in total. The Bertz CT molecular complexity index is 668. The Labute approximate surface area is 122 Å². The van der Waals surface area contributed by atoms with Crippen molar-refractivity contribution in [2.75, 3.05) is 4.90 Å². The summed E-state index contributed by atoms with van der Waals surface area (Å²) in [4.78, 5) is 26.9. The van der Waals surface area contributed by atoms with Crippen molar-refractivity contribution in [3.8, 4) is 0 Å². The lowest BCUT2D eigenvalue weighted by Gasteiger charge is -2.28. The lowest BCUT2D eigenvalue weighted by molar-refractivity contribution is -0.127. The molecule has 4 heteroatoms. The Morgan fingerprint density at radius 2 is 2.10 bits per heavy atom. The maximum atomic E-state index is 12.8. The average molecular weight is 288 g/mol. The molecule has 0 unspecified atom stereocenters. The number of halogens is 1. The molecule has 1 aromatic rings. The first-order chi connectivity index (χ1) is 9.53. The highest BCUT2D eigenvalue weighted by molar-refractivity contribution is 6.31. The highest BCUT2D eigenvalue weighted by atomic mass is 35.5. The molecular weight excluding hydrogens is 274 g/mol. The van der Waals surface area contributed by atoms with Crippen LogP contribution in [0.1, 0.15) is 13.3 Å². The zero-order valence-electron chi connectivity index (χ0n) is 11.0. The largest absolute Gasteiger partial charge is 0.274 e. The van der Waals surface area contributed by atoms with Gasteiger partial charge in [0, 0.05) is 5.02 Å². The molecule has 0 radical (unpaired) electrons. The van der Waals surface area contributed by atoms with Crippen LogP contribution in [0.25, 0.3) is 0 Å². The number of nitrogens with zero attached hydrogens (tertiary/aromatic N) is 1. The minimum Gasteiger partial charge on any atom is -0.274 e. The molecule has 3 nitrogen and oxygen atoms in total. The van der Waals surface area contributed by atoms with E-state index in [0.717, 1.165) is 6.42 Å². The number of amides is 2. The molecule has 2 aliphatic carbocycles. The van der Waals surface area contributed by atoms with E-state index in [1.54, 1.807) is 24.3 Å². The van der Waals surface area contributed by atoms with Gasteiger partial charge in [0.15, 0.2) is 0 Å². The van der Waals surface area contributed by atoms with Gasteiger partial charge in [0.25, 0.3) is 0 Å². The van der Waals surface area contributed by atoms with Gasteiger partial charge >= 0.3 is 0 Å². The molecule has 0 aromatic heterocycles. The van der Waals surface area contributed by atoms with Crippen LogP contribution in [0.4, 0.5) is 5.69 Å². The molecule has 4 atom stereocenters. The molecule has 1 aromatic carbocycles. The third-order valence-electron chi connectivity index (χ3n) is 5.18. The Morgan fingerprint density at radius 3 is 2.80 bits per heavy atom. The maximum Gasteiger partial charge on any atom is 0.241 e. The van der Waals surface area contributed by atoms with Gasteiger partial charge in [-0.2, -0.15) is 0 Å². The van der Waals surface area contributed by atoms with Crippen molar-refractivity contribution >= 4 is 29.1 Å². The summed E-state index contributed by atoms with van der Waals surface area (Å²) in [6, 6.07) is 6.95. The normalized spacial score (nSPS) is 37.9. The first kappa shape index (κ1) is 12.2.